The fourth-order valence-corrected chi connectivity index (χ4v) is 2.32. The second-order valence-corrected chi connectivity index (χ2v) is 6.00. The Morgan fingerprint density at radius 3 is 2.65 bits per heavy atom. The van der Waals surface area contributed by atoms with E-state index in [0.29, 0.717) is 18.5 Å². The summed E-state index contributed by atoms with van der Waals surface area (Å²) in [6, 6.07) is 5.06. The number of hydrogen-bond acceptors (Lipinski definition) is 2. The number of aromatic carboxylic acids is 1. The van der Waals surface area contributed by atoms with Crippen molar-refractivity contribution in [3.05, 3.63) is 35.1 Å². The van der Waals surface area contributed by atoms with Gasteiger partial charge in [-0.25, -0.2) is 9.18 Å². The number of carboxylic acids is 1. The van der Waals surface area contributed by atoms with Crippen LogP contribution >= 0.6 is 0 Å². The van der Waals surface area contributed by atoms with Crippen molar-refractivity contribution >= 4 is 5.97 Å². The maximum Gasteiger partial charge on any atom is 0.338 e. The maximum absolute atomic E-state index is 13.7. The molecule has 1 aliphatic rings. The van der Waals surface area contributed by atoms with Crippen molar-refractivity contribution in [1.82, 2.24) is 4.90 Å². The second kappa shape index (κ2) is 6.35. The highest BCUT2D eigenvalue weighted by Gasteiger charge is 2.28. The number of carboxylic acid groups (broad SMARTS) is 1. The van der Waals surface area contributed by atoms with Gasteiger partial charge in [0.15, 0.2) is 0 Å². The molecule has 0 amide bonds. The van der Waals surface area contributed by atoms with Crippen LogP contribution in [0.4, 0.5) is 4.39 Å². The second-order valence-electron chi connectivity index (χ2n) is 6.00. The lowest BCUT2D eigenvalue weighted by Gasteiger charge is -2.23. The molecule has 20 heavy (non-hydrogen) atoms. The normalized spacial score (nSPS) is 15.1. The minimum Gasteiger partial charge on any atom is -0.478 e. The van der Waals surface area contributed by atoms with E-state index in [0.717, 1.165) is 18.5 Å². The molecular formula is C16H22FNO2. The highest BCUT2D eigenvalue weighted by Crippen LogP contribution is 2.29. The van der Waals surface area contributed by atoms with Gasteiger partial charge in [0.05, 0.1) is 5.56 Å². The molecule has 0 bridgehead atoms. The van der Waals surface area contributed by atoms with E-state index in [4.69, 9.17) is 5.11 Å². The smallest absolute Gasteiger partial charge is 0.338 e. The van der Waals surface area contributed by atoms with Gasteiger partial charge in [-0.1, -0.05) is 19.9 Å². The lowest BCUT2D eigenvalue weighted by Crippen LogP contribution is -2.27. The third-order valence-electron chi connectivity index (χ3n) is 3.71. The van der Waals surface area contributed by atoms with Gasteiger partial charge in [-0.2, -0.15) is 0 Å². The molecule has 0 heterocycles. The largest absolute Gasteiger partial charge is 0.478 e. The van der Waals surface area contributed by atoms with E-state index in [1.165, 1.54) is 25.0 Å². The molecule has 4 heteroatoms. The van der Waals surface area contributed by atoms with E-state index in [2.05, 4.69) is 18.7 Å². The summed E-state index contributed by atoms with van der Waals surface area (Å²) in [5.41, 5.74) is 0.594. The Balaban J connectivity index is 2.03. The third kappa shape index (κ3) is 4.04. The van der Waals surface area contributed by atoms with Crippen molar-refractivity contribution in [3.63, 3.8) is 0 Å². The number of rotatable bonds is 7. The van der Waals surface area contributed by atoms with Gasteiger partial charge in [0.25, 0.3) is 0 Å². The van der Waals surface area contributed by atoms with Crippen molar-refractivity contribution < 1.29 is 14.3 Å². The van der Waals surface area contributed by atoms with Crippen LogP contribution in [0.3, 0.4) is 0 Å². The van der Waals surface area contributed by atoms with E-state index < -0.39 is 11.8 Å². The molecule has 1 aromatic carbocycles. The average Bonchev–Trinajstić information content (AvgIpc) is 3.18. The molecule has 1 N–H and O–H groups in total. The van der Waals surface area contributed by atoms with Gasteiger partial charge in [0.1, 0.15) is 5.82 Å². The molecule has 0 spiro atoms. The summed E-state index contributed by atoms with van der Waals surface area (Å²) in [4.78, 5) is 13.2. The summed E-state index contributed by atoms with van der Waals surface area (Å²) in [5.74, 6) is -1.20. The van der Waals surface area contributed by atoms with Crippen molar-refractivity contribution in [2.45, 2.75) is 45.7 Å². The summed E-state index contributed by atoms with van der Waals surface area (Å²) >= 11 is 0. The van der Waals surface area contributed by atoms with Crippen LogP contribution in [0.5, 0.6) is 0 Å². The molecule has 0 saturated heterocycles. The standard InChI is InChI=1S/C16H22FNO2/c1-11(2)7-8-18(13-4-5-13)10-12-3-6-14(16(19)20)15(17)9-12/h3,6,9,11,13H,4-5,7-8,10H2,1-2H3,(H,19,20). The van der Waals surface area contributed by atoms with Gasteiger partial charge < -0.3 is 5.11 Å². The molecule has 0 radical (unpaired) electrons. The van der Waals surface area contributed by atoms with Crippen molar-refractivity contribution in [2.75, 3.05) is 6.54 Å². The van der Waals surface area contributed by atoms with E-state index in [1.54, 1.807) is 6.07 Å². The number of benzene rings is 1. The Hall–Kier alpha value is -1.42. The first kappa shape index (κ1) is 15.0. The molecule has 1 aliphatic carbocycles. The predicted octanol–water partition coefficient (Wildman–Crippen LogP) is 3.53. The minimum atomic E-state index is -1.21. The van der Waals surface area contributed by atoms with Crippen molar-refractivity contribution in [2.24, 2.45) is 5.92 Å². The summed E-state index contributed by atoms with van der Waals surface area (Å²) in [7, 11) is 0. The topological polar surface area (TPSA) is 40.5 Å². The Morgan fingerprint density at radius 1 is 1.45 bits per heavy atom. The van der Waals surface area contributed by atoms with Crippen LogP contribution in [0.25, 0.3) is 0 Å². The van der Waals surface area contributed by atoms with Crippen LogP contribution in [0.15, 0.2) is 18.2 Å². The fraction of sp³-hybridized carbons (Fsp3) is 0.562. The van der Waals surface area contributed by atoms with E-state index in [1.807, 2.05) is 0 Å². The molecular weight excluding hydrogens is 257 g/mol. The highest BCUT2D eigenvalue weighted by molar-refractivity contribution is 5.87. The summed E-state index contributed by atoms with van der Waals surface area (Å²) in [5, 5.41) is 8.83. The third-order valence-corrected chi connectivity index (χ3v) is 3.71. The van der Waals surface area contributed by atoms with Gasteiger partial charge in [0.2, 0.25) is 0 Å². The molecule has 0 aliphatic heterocycles. The van der Waals surface area contributed by atoms with Gasteiger partial charge in [-0.15, -0.1) is 0 Å². The summed E-state index contributed by atoms with van der Waals surface area (Å²) in [6.07, 6.45) is 3.56. The number of hydrogen-bond donors (Lipinski definition) is 1. The minimum absolute atomic E-state index is 0.256. The zero-order valence-corrected chi connectivity index (χ0v) is 12.1. The SMILES string of the molecule is CC(C)CCN(Cc1ccc(C(=O)O)c(F)c1)C1CC1. The first-order valence-corrected chi connectivity index (χ1v) is 7.23. The summed E-state index contributed by atoms with van der Waals surface area (Å²) in [6.45, 7) is 6.12. The molecule has 1 aromatic rings. The number of nitrogens with zero attached hydrogens (tertiary/aromatic N) is 1. The fourth-order valence-electron chi connectivity index (χ4n) is 2.32. The van der Waals surface area contributed by atoms with Crippen molar-refractivity contribution in [3.8, 4) is 0 Å². The Bertz CT molecular complexity index is 483. The molecule has 1 saturated carbocycles. The van der Waals surface area contributed by atoms with Crippen LogP contribution in [0, 0.1) is 11.7 Å². The van der Waals surface area contributed by atoms with Crippen molar-refractivity contribution in [1.29, 1.82) is 0 Å². The monoisotopic (exact) mass is 279 g/mol. The van der Waals surface area contributed by atoms with E-state index >= 15 is 0 Å². The Kier molecular flexibility index (Phi) is 4.76. The van der Waals surface area contributed by atoms with Crippen LogP contribution in [-0.4, -0.2) is 28.6 Å². The Labute approximate surface area is 119 Å². The molecule has 2 rings (SSSR count). The van der Waals surface area contributed by atoms with Gasteiger partial charge in [-0.05, 0) is 49.4 Å². The van der Waals surface area contributed by atoms with Crippen LogP contribution < -0.4 is 0 Å². The summed E-state index contributed by atoms with van der Waals surface area (Å²) < 4.78 is 13.7. The lowest BCUT2D eigenvalue weighted by atomic mass is 10.1. The molecule has 0 unspecified atom stereocenters. The zero-order chi connectivity index (χ0) is 14.7. The maximum atomic E-state index is 13.7. The molecule has 3 nitrogen and oxygen atoms in total. The van der Waals surface area contributed by atoms with Crippen LogP contribution in [0.1, 0.15) is 49.0 Å². The predicted molar refractivity (Wildman–Crippen MR) is 76.2 cm³/mol. The molecule has 110 valence electrons. The zero-order valence-electron chi connectivity index (χ0n) is 12.1. The van der Waals surface area contributed by atoms with Crippen LogP contribution in [0.2, 0.25) is 0 Å². The lowest BCUT2D eigenvalue weighted by molar-refractivity contribution is 0.0692. The molecule has 0 aromatic heterocycles. The van der Waals surface area contributed by atoms with Crippen LogP contribution in [-0.2, 0) is 6.54 Å². The van der Waals surface area contributed by atoms with E-state index in [9.17, 15) is 9.18 Å². The number of halogens is 1. The van der Waals surface area contributed by atoms with Gasteiger partial charge >= 0.3 is 5.97 Å². The van der Waals surface area contributed by atoms with Gasteiger partial charge in [-0.3, -0.25) is 4.90 Å². The average molecular weight is 279 g/mol. The van der Waals surface area contributed by atoms with Gasteiger partial charge in [0, 0.05) is 12.6 Å². The quantitative estimate of drug-likeness (QED) is 0.830. The number of carbonyl (C=O) groups is 1. The Morgan fingerprint density at radius 2 is 2.15 bits per heavy atom. The first-order valence-electron chi connectivity index (χ1n) is 7.23. The highest BCUT2D eigenvalue weighted by atomic mass is 19.1. The molecule has 1 fully saturated rings. The first-order chi connectivity index (χ1) is 9.47. The van der Waals surface area contributed by atoms with E-state index in [-0.39, 0.29) is 5.56 Å². The molecule has 0 atom stereocenters.